The molecule has 0 aromatic heterocycles. The highest BCUT2D eigenvalue weighted by atomic mass is 16.5. The smallest absolute Gasteiger partial charge is 0.305 e. The molecule has 0 spiro atoms. The van der Waals surface area contributed by atoms with Gasteiger partial charge in [-0.1, -0.05) is 36.4 Å². The molecule has 3 aliphatic rings. The molecule has 5 aromatic rings. The number of para-hydroxylation sites is 2. The zero-order valence-corrected chi connectivity index (χ0v) is 42.2. The molecule has 20 heteroatoms. The second-order valence-electron chi connectivity index (χ2n) is 18.3. The van der Waals surface area contributed by atoms with Crippen molar-refractivity contribution in [3.05, 3.63) is 124 Å². The monoisotopic (exact) mass is 1020 g/mol. The molecular weight excluding hydrogens is 965 g/mol. The molecule has 0 unspecified atom stereocenters. The third-order valence-electron chi connectivity index (χ3n) is 13.1. The molecular formula is C55H60N8O12. The summed E-state index contributed by atoms with van der Waals surface area (Å²) in [7, 11) is 4.24. The summed E-state index contributed by atoms with van der Waals surface area (Å²) in [6.45, 7) is 1.15. The van der Waals surface area contributed by atoms with Crippen LogP contribution in [0.25, 0.3) is 0 Å². The number of hydrogen-bond donors (Lipinski definition) is 6. The Morgan fingerprint density at radius 1 is 0.667 bits per heavy atom. The summed E-state index contributed by atoms with van der Waals surface area (Å²) >= 11 is 0. The van der Waals surface area contributed by atoms with Crippen LogP contribution in [0.5, 0.6) is 23.0 Å². The SMILES string of the molecule is COC(=O)CCCCC(=O)NCC(=O)NCC(=O)NCC(=O)Nc1cc(COc2cc(N)c(C(=O)N3c4ccccc4C[C@H]3C)cc2OC)cc(COc2cc3c(cc2OC)C(=O)N2c4ccccc4C[C@H]2CN3)c1. The van der Waals surface area contributed by atoms with Crippen molar-refractivity contribution < 1.29 is 57.2 Å². The highest BCUT2D eigenvalue weighted by Gasteiger charge is 2.38. The van der Waals surface area contributed by atoms with E-state index in [-0.39, 0.29) is 91.1 Å². The van der Waals surface area contributed by atoms with E-state index in [1.165, 1.54) is 21.3 Å². The van der Waals surface area contributed by atoms with Gasteiger partial charge in [0.05, 0.1) is 63.8 Å². The number of anilines is 5. The minimum atomic E-state index is -0.652. The summed E-state index contributed by atoms with van der Waals surface area (Å²) in [5.74, 6) is -1.81. The molecule has 0 bridgehead atoms. The van der Waals surface area contributed by atoms with E-state index in [4.69, 9.17) is 24.7 Å². The fourth-order valence-corrected chi connectivity index (χ4v) is 9.39. The van der Waals surface area contributed by atoms with Crippen molar-refractivity contribution in [2.75, 3.05) is 73.7 Å². The Balaban J connectivity index is 0.946. The molecule has 20 nitrogen and oxygen atoms in total. The highest BCUT2D eigenvalue weighted by Crippen LogP contribution is 2.41. The number of nitrogens with two attached hydrogens (primary N) is 1. The van der Waals surface area contributed by atoms with Gasteiger partial charge in [-0.25, -0.2) is 0 Å². The normalized spacial score (nSPS) is 14.9. The molecule has 392 valence electrons. The Bertz CT molecular complexity index is 3020. The molecule has 0 saturated heterocycles. The number of ether oxygens (including phenoxy) is 5. The van der Waals surface area contributed by atoms with E-state index in [9.17, 15) is 33.6 Å². The molecule has 6 amide bonds. The molecule has 0 radical (unpaired) electrons. The van der Waals surface area contributed by atoms with Crippen molar-refractivity contribution in [3.63, 3.8) is 0 Å². The van der Waals surface area contributed by atoms with Gasteiger partial charge in [0, 0.05) is 60.3 Å². The molecule has 0 fully saturated rings. The lowest BCUT2D eigenvalue weighted by Crippen LogP contribution is -2.43. The van der Waals surface area contributed by atoms with E-state index in [1.54, 1.807) is 41.3 Å². The summed E-state index contributed by atoms with van der Waals surface area (Å²) < 4.78 is 28.7. The van der Waals surface area contributed by atoms with Crippen LogP contribution in [0.15, 0.2) is 91.0 Å². The third-order valence-corrected chi connectivity index (χ3v) is 13.1. The number of rotatable bonds is 21. The van der Waals surface area contributed by atoms with E-state index >= 15 is 0 Å². The number of methoxy groups -OCH3 is 3. The van der Waals surface area contributed by atoms with Crippen LogP contribution in [0.1, 0.15) is 75.6 Å². The Kier molecular flexibility index (Phi) is 16.7. The lowest BCUT2D eigenvalue weighted by molar-refractivity contribution is -0.140. The first-order valence-electron chi connectivity index (χ1n) is 24.5. The first kappa shape index (κ1) is 52.5. The van der Waals surface area contributed by atoms with Crippen LogP contribution in [0, 0.1) is 0 Å². The van der Waals surface area contributed by atoms with E-state index in [2.05, 4.69) is 31.3 Å². The van der Waals surface area contributed by atoms with Gasteiger partial charge in [0.25, 0.3) is 11.8 Å². The molecule has 0 saturated carbocycles. The number of esters is 1. The summed E-state index contributed by atoms with van der Waals surface area (Å²) in [6, 6.07) is 27.2. The van der Waals surface area contributed by atoms with E-state index < -0.39 is 30.8 Å². The number of amides is 6. The lowest BCUT2D eigenvalue weighted by Gasteiger charge is -2.24. The third kappa shape index (κ3) is 12.5. The molecule has 3 aliphatic heterocycles. The maximum absolute atomic E-state index is 14.1. The van der Waals surface area contributed by atoms with Gasteiger partial charge in [-0.05, 0) is 97.3 Å². The minimum Gasteiger partial charge on any atom is -0.493 e. The van der Waals surface area contributed by atoms with Gasteiger partial charge < -0.3 is 65.8 Å². The summed E-state index contributed by atoms with van der Waals surface area (Å²) in [4.78, 5) is 93.3. The van der Waals surface area contributed by atoms with Gasteiger partial charge in [0.2, 0.25) is 23.6 Å². The van der Waals surface area contributed by atoms with Crippen LogP contribution in [0.4, 0.5) is 28.4 Å². The fraction of sp³-hybridized carbons (Fsp3) is 0.327. The van der Waals surface area contributed by atoms with Crippen molar-refractivity contribution in [1.82, 2.24) is 16.0 Å². The van der Waals surface area contributed by atoms with Crippen LogP contribution in [0.2, 0.25) is 0 Å². The molecule has 0 aliphatic carbocycles. The van der Waals surface area contributed by atoms with Crippen LogP contribution < -0.4 is 61.1 Å². The average molecular weight is 1030 g/mol. The predicted molar refractivity (Wildman–Crippen MR) is 279 cm³/mol. The van der Waals surface area contributed by atoms with Gasteiger partial charge >= 0.3 is 5.97 Å². The van der Waals surface area contributed by atoms with Crippen LogP contribution in [-0.4, -0.2) is 101 Å². The summed E-state index contributed by atoms with van der Waals surface area (Å²) in [6.07, 6.45) is 2.62. The number of carbonyl (C=O) groups excluding carboxylic acids is 7. The summed E-state index contributed by atoms with van der Waals surface area (Å²) in [5, 5.41) is 13.6. The second kappa shape index (κ2) is 23.8. The van der Waals surface area contributed by atoms with Crippen molar-refractivity contribution in [2.24, 2.45) is 0 Å². The zero-order chi connectivity index (χ0) is 53.2. The minimum absolute atomic E-state index is 0.0284. The van der Waals surface area contributed by atoms with E-state index in [0.29, 0.717) is 65.4 Å². The van der Waals surface area contributed by atoms with Crippen LogP contribution >= 0.6 is 0 Å². The quantitative estimate of drug-likeness (QED) is 0.0320. The van der Waals surface area contributed by atoms with Gasteiger partial charge in [-0.15, -0.1) is 0 Å². The summed E-state index contributed by atoms with van der Waals surface area (Å²) in [5.41, 5.74) is 13.4. The van der Waals surface area contributed by atoms with E-state index in [1.807, 2.05) is 66.4 Å². The Hall–Kier alpha value is -8.81. The Morgan fingerprint density at radius 3 is 1.92 bits per heavy atom. The molecule has 2 atom stereocenters. The first-order chi connectivity index (χ1) is 36.2. The number of nitrogen functional groups attached to an aromatic ring is 1. The molecule has 7 N–H and O–H groups in total. The number of hydrogen-bond acceptors (Lipinski definition) is 14. The topological polar surface area (TPSA) is 258 Å². The van der Waals surface area contributed by atoms with E-state index in [0.717, 1.165) is 28.9 Å². The number of fused-ring (bicyclic) bond motifs is 5. The van der Waals surface area contributed by atoms with Gasteiger partial charge in [-0.2, -0.15) is 0 Å². The highest BCUT2D eigenvalue weighted by molar-refractivity contribution is 6.13. The number of carbonyl (C=O) groups is 7. The number of benzene rings is 5. The van der Waals surface area contributed by atoms with Gasteiger partial charge in [-0.3, -0.25) is 33.6 Å². The largest absolute Gasteiger partial charge is 0.493 e. The number of nitrogens with zero attached hydrogens (tertiary/aromatic N) is 2. The maximum atomic E-state index is 14.1. The van der Waals surface area contributed by atoms with Gasteiger partial charge in [0.15, 0.2) is 23.0 Å². The van der Waals surface area contributed by atoms with Gasteiger partial charge in [0.1, 0.15) is 13.2 Å². The van der Waals surface area contributed by atoms with Crippen molar-refractivity contribution in [1.29, 1.82) is 0 Å². The number of unbranched alkanes of at least 4 members (excludes halogenated alkanes) is 1. The lowest BCUT2D eigenvalue weighted by atomic mass is 10.1. The Morgan fingerprint density at radius 2 is 1.25 bits per heavy atom. The molecule has 75 heavy (non-hydrogen) atoms. The maximum Gasteiger partial charge on any atom is 0.305 e. The molecule has 8 rings (SSSR count). The number of nitrogens with one attached hydrogen (secondary N) is 5. The average Bonchev–Trinajstić information content (AvgIpc) is 3.93. The zero-order valence-electron chi connectivity index (χ0n) is 42.2. The van der Waals surface area contributed by atoms with Crippen LogP contribution in [-0.2, 0) is 54.8 Å². The van der Waals surface area contributed by atoms with Crippen molar-refractivity contribution in [2.45, 2.75) is 70.7 Å². The standard InChI is InChI=1S/C55H60N8O12/c1-32-17-35-11-5-7-13-43(35)62(32)54(69)39-22-45(71-2)47(24-41(39)56)74-30-33-18-34(20-37(19-33)61-52(67)29-60-51(66)28-59-50(65)27-58-49(64)15-9-10-16-53(68)73-4)31-75-48-25-42-40(23-46(48)72-3)55(70)63-38(26-57-42)21-36-12-6-8-14-44(36)63/h5-8,11-14,18-20,22-25,32,38,57H,9-10,15-17,21,26-31,56H2,1-4H3,(H,58,64)(H,59,65)(H,60,66)(H,61,67)/t32-,38+/m1/s1. The van der Waals surface area contributed by atoms with Crippen molar-refractivity contribution in [3.8, 4) is 23.0 Å². The molecule has 5 aromatic carbocycles. The van der Waals surface area contributed by atoms with Crippen LogP contribution in [0.3, 0.4) is 0 Å². The second-order valence-corrected chi connectivity index (χ2v) is 18.3. The molecule has 3 heterocycles. The van der Waals surface area contributed by atoms with Crippen molar-refractivity contribution >= 4 is 69.8 Å². The first-order valence-corrected chi connectivity index (χ1v) is 24.5. The Labute approximate surface area is 433 Å². The predicted octanol–water partition coefficient (Wildman–Crippen LogP) is 5.05. The fourth-order valence-electron chi connectivity index (χ4n) is 9.39.